The molecule has 158 valence electrons. The van der Waals surface area contributed by atoms with Gasteiger partial charge in [-0.2, -0.15) is 18.3 Å². The third-order valence-corrected chi connectivity index (χ3v) is 4.35. The molecule has 0 unspecified atom stereocenters. The fourth-order valence-corrected chi connectivity index (χ4v) is 2.75. The molecule has 0 atom stereocenters. The fraction of sp³-hybridized carbons (Fsp3) is 0.238. The Morgan fingerprint density at radius 1 is 1.10 bits per heavy atom. The zero-order valence-corrected chi connectivity index (χ0v) is 16.2. The van der Waals surface area contributed by atoms with Crippen LogP contribution in [-0.2, 0) is 17.6 Å². The molecule has 0 aliphatic rings. The Morgan fingerprint density at radius 2 is 1.80 bits per heavy atom. The molecule has 9 heteroatoms. The molecule has 30 heavy (non-hydrogen) atoms. The lowest BCUT2D eigenvalue weighted by Gasteiger charge is -2.10. The topological polar surface area (TPSA) is 73.6 Å². The van der Waals surface area contributed by atoms with Crippen LogP contribution < -0.4 is 9.47 Å². The average molecular weight is 420 g/mol. The van der Waals surface area contributed by atoms with E-state index in [0.717, 1.165) is 23.3 Å². The number of carboxylic acid groups (broad SMARTS) is 1. The van der Waals surface area contributed by atoms with Crippen LogP contribution in [-0.4, -0.2) is 27.5 Å². The number of halogens is 3. The van der Waals surface area contributed by atoms with Crippen LogP contribution in [0.15, 0.2) is 48.7 Å². The van der Waals surface area contributed by atoms with Gasteiger partial charge in [0, 0.05) is 11.8 Å². The smallest absolute Gasteiger partial charge is 0.416 e. The van der Waals surface area contributed by atoms with Crippen LogP contribution in [0.25, 0.3) is 5.69 Å². The Balaban J connectivity index is 1.68. The number of rotatable bonds is 7. The van der Waals surface area contributed by atoms with E-state index in [-0.39, 0.29) is 6.61 Å². The van der Waals surface area contributed by atoms with E-state index in [2.05, 4.69) is 5.10 Å². The molecule has 0 bridgehead atoms. The second kappa shape index (κ2) is 8.48. The number of alkyl halides is 3. The van der Waals surface area contributed by atoms with Gasteiger partial charge < -0.3 is 14.6 Å². The number of hydrogen-bond acceptors (Lipinski definition) is 4. The summed E-state index contributed by atoms with van der Waals surface area (Å²) in [6.07, 6.45) is -2.68. The van der Waals surface area contributed by atoms with Gasteiger partial charge in [0.15, 0.2) is 6.61 Å². The average Bonchev–Trinajstić information content (AvgIpc) is 3.05. The first-order valence-electron chi connectivity index (χ1n) is 8.94. The van der Waals surface area contributed by atoms with E-state index in [0.29, 0.717) is 22.9 Å². The third-order valence-electron chi connectivity index (χ3n) is 4.35. The molecule has 0 fully saturated rings. The van der Waals surface area contributed by atoms with Crippen molar-refractivity contribution < 1.29 is 32.5 Å². The highest BCUT2D eigenvalue weighted by Gasteiger charge is 2.30. The summed E-state index contributed by atoms with van der Waals surface area (Å²) in [4.78, 5) is 10.6. The van der Waals surface area contributed by atoms with Crippen LogP contribution in [0.1, 0.15) is 22.4 Å². The maximum atomic E-state index is 12.7. The lowest BCUT2D eigenvalue weighted by Crippen LogP contribution is -2.10. The van der Waals surface area contributed by atoms with Gasteiger partial charge in [-0.15, -0.1) is 0 Å². The minimum absolute atomic E-state index is 0.210. The number of carbonyl (C=O) groups is 1. The summed E-state index contributed by atoms with van der Waals surface area (Å²) in [5, 5.41) is 13.0. The monoisotopic (exact) mass is 420 g/mol. The number of carboxylic acids is 1. The summed E-state index contributed by atoms with van der Waals surface area (Å²) in [6.45, 7) is 3.34. The van der Waals surface area contributed by atoms with Gasteiger partial charge in [0.05, 0.1) is 16.9 Å². The van der Waals surface area contributed by atoms with Gasteiger partial charge in [-0.3, -0.25) is 0 Å². The van der Waals surface area contributed by atoms with E-state index >= 15 is 0 Å². The summed E-state index contributed by atoms with van der Waals surface area (Å²) < 4.78 is 50.6. The summed E-state index contributed by atoms with van der Waals surface area (Å²) in [5.74, 6) is -0.0387. The first-order valence-corrected chi connectivity index (χ1v) is 8.94. The van der Waals surface area contributed by atoms with Gasteiger partial charge >= 0.3 is 12.1 Å². The van der Waals surface area contributed by atoms with Crippen molar-refractivity contribution in [2.75, 3.05) is 6.61 Å². The molecular weight excluding hydrogens is 401 g/mol. The van der Waals surface area contributed by atoms with E-state index in [1.54, 1.807) is 38.2 Å². The molecule has 2 aromatic carbocycles. The van der Waals surface area contributed by atoms with E-state index in [1.807, 2.05) is 0 Å². The second-order valence-corrected chi connectivity index (χ2v) is 6.63. The molecule has 3 rings (SSSR count). The van der Waals surface area contributed by atoms with Gasteiger partial charge in [0.1, 0.15) is 18.1 Å². The van der Waals surface area contributed by atoms with Crippen LogP contribution in [0.2, 0.25) is 0 Å². The van der Waals surface area contributed by atoms with Crippen LogP contribution in [0.3, 0.4) is 0 Å². The first-order chi connectivity index (χ1) is 14.1. The number of aryl methyl sites for hydroxylation is 2. The maximum Gasteiger partial charge on any atom is 0.416 e. The predicted molar refractivity (Wildman–Crippen MR) is 102 cm³/mol. The van der Waals surface area contributed by atoms with Crippen LogP contribution in [0.4, 0.5) is 13.2 Å². The number of aromatic nitrogens is 2. The van der Waals surface area contributed by atoms with Crippen molar-refractivity contribution in [1.29, 1.82) is 0 Å². The SMILES string of the molecule is Cc1cc(OCc2cn(-c3ccc(C(F)(F)F)cc3)nc2C)ccc1OCC(=O)O. The van der Waals surface area contributed by atoms with E-state index < -0.39 is 24.3 Å². The highest BCUT2D eigenvalue weighted by molar-refractivity contribution is 5.68. The second-order valence-electron chi connectivity index (χ2n) is 6.63. The lowest BCUT2D eigenvalue weighted by atomic mass is 10.2. The van der Waals surface area contributed by atoms with Gasteiger partial charge in [0.2, 0.25) is 0 Å². The summed E-state index contributed by atoms with van der Waals surface area (Å²) in [6, 6.07) is 9.77. The van der Waals surface area contributed by atoms with Crippen LogP contribution in [0, 0.1) is 13.8 Å². The number of benzene rings is 2. The summed E-state index contributed by atoms with van der Waals surface area (Å²) >= 11 is 0. The molecule has 1 aromatic heterocycles. The molecule has 3 aromatic rings. The lowest BCUT2D eigenvalue weighted by molar-refractivity contribution is -0.139. The van der Waals surface area contributed by atoms with E-state index in [1.165, 1.54) is 16.8 Å². The minimum atomic E-state index is -4.39. The number of hydrogen-bond donors (Lipinski definition) is 1. The Labute approximate surface area is 170 Å². The maximum absolute atomic E-state index is 12.7. The highest BCUT2D eigenvalue weighted by Crippen LogP contribution is 2.30. The molecule has 1 N–H and O–H groups in total. The minimum Gasteiger partial charge on any atom is -0.489 e. The largest absolute Gasteiger partial charge is 0.489 e. The first kappa shape index (κ1) is 21.2. The molecule has 0 radical (unpaired) electrons. The Bertz CT molecular complexity index is 1040. The molecular formula is C21H19F3N2O4. The van der Waals surface area contributed by atoms with E-state index in [9.17, 15) is 18.0 Å². The van der Waals surface area contributed by atoms with Gasteiger partial charge in [0.25, 0.3) is 0 Å². The van der Waals surface area contributed by atoms with E-state index in [4.69, 9.17) is 14.6 Å². The third kappa shape index (κ3) is 5.11. The van der Waals surface area contributed by atoms with Crippen molar-refractivity contribution in [3.63, 3.8) is 0 Å². The zero-order valence-electron chi connectivity index (χ0n) is 16.2. The summed E-state index contributed by atoms with van der Waals surface area (Å²) in [5.41, 5.74) is 1.98. The summed E-state index contributed by atoms with van der Waals surface area (Å²) in [7, 11) is 0. The molecule has 0 aliphatic heterocycles. The van der Waals surface area contributed by atoms with Crippen molar-refractivity contribution in [2.24, 2.45) is 0 Å². The normalized spacial score (nSPS) is 11.4. The molecule has 0 saturated heterocycles. The molecule has 6 nitrogen and oxygen atoms in total. The van der Waals surface area contributed by atoms with Crippen molar-refractivity contribution in [1.82, 2.24) is 9.78 Å². The van der Waals surface area contributed by atoms with Gasteiger partial charge in [-0.05, 0) is 61.9 Å². The molecule has 0 aliphatic carbocycles. The van der Waals surface area contributed by atoms with Crippen molar-refractivity contribution in [3.05, 3.63) is 71.0 Å². The van der Waals surface area contributed by atoms with Gasteiger partial charge in [-0.25, -0.2) is 9.48 Å². The van der Waals surface area contributed by atoms with Crippen molar-refractivity contribution >= 4 is 5.97 Å². The predicted octanol–water partition coefficient (Wildman–Crippen LogP) is 4.55. The zero-order chi connectivity index (χ0) is 21.9. The number of nitrogens with zero attached hydrogens (tertiary/aromatic N) is 2. The molecule has 0 spiro atoms. The highest BCUT2D eigenvalue weighted by atomic mass is 19.4. The standard InChI is InChI=1S/C21H19F3N2O4/c1-13-9-18(7-8-19(13)30-12-20(27)28)29-11-15-10-26(25-14(15)2)17-5-3-16(4-6-17)21(22,23)24/h3-10H,11-12H2,1-2H3,(H,27,28). The van der Waals surface area contributed by atoms with Crippen LogP contribution >= 0.6 is 0 Å². The Morgan fingerprint density at radius 3 is 2.40 bits per heavy atom. The quantitative estimate of drug-likeness (QED) is 0.607. The molecule has 1 heterocycles. The Hall–Kier alpha value is -3.49. The fourth-order valence-electron chi connectivity index (χ4n) is 2.75. The van der Waals surface area contributed by atoms with Crippen molar-refractivity contribution in [2.45, 2.75) is 26.6 Å². The van der Waals surface area contributed by atoms with Crippen LogP contribution in [0.5, 0.6) is 11.5 Å². The molecule has 0 amide bonds. The number of aliphatic carboxylic acids is 1. The number of ether oxygens (including phenoxy) is 2. The molecule has 0 saturated carbocycles. The Kier molecular flexibility index (Phi) is 6.00. The van der Waals surface area contributed by atoms with Crippen molar-refractivity contribution in [3.8, 4) is 17.2 Å². The van der Waals surface area contributed by atoms with Gasteiger partial charge in [-0.1, -0.05) is 0 Å².